The number of nitrogens with zero attached hydrogens (tertiary/aromatic N) is 3. The van der Waals surface area contributed by atoms with Gasteiger partial charge in [-0.15, -0.1) is 0 Å². The van der Waals surface area contributed by atoms with E-state index in [-0.39, 0.29) is 18.2 Å². The molecule has 4 rings (SSSR count). The molecule has 1 saturated heterocycles. The van der Waals surface area contributed by atoms with Crippen LogP contribution in [0.5, 0.6) is 0 Å². The lowest BCUT2D eigenvalue weighted by atomic mass is 10.1. The Balaban J connectivity index is 1.80. The van der Waals surface area contributed by atoms with Gasteiger partial charge in [0.1, 0.15) is 11.4 Å². The third-order valence-corrected chi connectivity index (χ3v) is 7.73. The lowest BCUT2D eigenvalue weighted by Crippen LogP contribution is -2.35. The molecule has 2 aromatic rings. The van der Waals surface area contributed by atoms with E-state index in [1.54, 1.807) is 18.2 Å². The van der Waals surface area contributed by atoms with Crippen LogP contribution in [-0.4, -0.2) is 55.0 Å². The van der Waals surface area contributed by atoms with Crippen LogP contribution in [0, 0.1) is 0 Å². The molecular formula is C24H24N4O4S2. The highest BCUT2D eigenvalue weighted by Crippen LogP contribution is 2.50. The fourth-order valence-corrected chi connectivity index (χ4v) is 5.87. The van der Waals surface area contributed by atoms with E-state index in [2.05, 4.69) is 5.32 Å². The predicted octanol–water partition coefficient (Wildman–Crippen LogP) is 4.47. The maximum atomic E-state index is 13.5. The van der Waals surface area contributed by atoms with E-state index in [4.69, 9.17) is 9.73 Å². The number of hydrogen-bond donors (Lipinski definition) is 1. The third kappa shape index (κ3) is 4.55. The summed E-state index contributed by atoms with van der Waals surface area (Å²) in [5.74, 6) is -0.951. The Morgan fingerprint density at radius 2 is 1.91 bits per heavy atom. The van der Waals surface area contributed by atoms with Crippen molar-refractivity contribution in [2.45, 2.75) is 18.7 Å². The molecule has 0 unspecified atom stereocenters. The highest BCUT2D eigenvalue weighted by atomic mass is 32.2. The van der Waals surface area contributed by atoms with Crippen LogP contribution < -0.4 is 10.2 Å². The number of carbonyl (C=O) groups is 3. The van der Waals surface area contributed by atoms with Gasteiger partial charge in [0, 0.05) is 24.1 Å². The first-order valence-corrected chi connectivity index (χ1v) is 12.3. The number of rotatable bonds is 6. The number of ketones is 1. The largest absolute Gasteiger partial charge is 0.468 e. The standard InChI is InChI=1S/C24H24N4O4S2/c1-5-25-16-11-10-15(14(2)29)12-17(16)26-24-28(13-20(30)32-4)22(31)21(34-24)23-27(3)18-8-6-7-9-19(18)33-23/h6-12,25H,5,13H2,1-4H3/b23-21-,26-24?. The molecule has 0 spiro atoms. The van der Waals surface area contributed by atoms with Crippen molar-refractivity contribution in [1.29, 1.82) is 0 Å². The van der Waals surface area contributed by atoms with Crippen molar-refractivity contribution < 1.29 is 19.1 Å². The van der Waals surface area contributed by atoms with Gasteiger partial charge in [0.05, 0.1) is 29.2 Å². The molecule has 0 aromatic heterocycles. The van der Waals surface area contributed by atoms with Crippen molar-refractivity contribution >= 4 is 63.4 Å². The number of Topliss-reactive ketones (excluding diaryl/α,β-unsaturated/α-hetero) is 1. The molecule has 0 aliphatic carbocycles. The topological polar surface area (TPSA) is 91.3 Å². The molecule has 2 aliphatic heterocycles. The molecule has 2 heterocycles. The number of carbonyl (C=O) groups excluding carboxylic acids is 3. The van der Waals surface area contributed by atoms with Crippen molar-refractivity contribution in [2.24, 2.45) is 4.99 Å². The van der Waals surface area contributed by atoms with E-state index in [1.807, 2.05) is 43.1 Å². The first-order valence-electron chi connectivity index (χ1n) is 10.6. The number of amides is 1. The fraction of sp³-hybridized carbons (Fsp3) is 0.250. The van der Waals surface area contributed by atoms with Crippen LogP contribution in [0.3, 0.4) is 0 Å². The van der Waals surface area contributed by atoms with Crippen molar-refractivity contribution in [3.8, 4) is 0 Å². The second-order valence-corrected chi connectivity index (χ2v) is 9.55. The molecule has 8 nitrogen and oxygen atoms in total. The van der Waals surface area contributed by atoms with Crippen molar-refractivity contribution in [1.82, 2.24) is 4.90 Å². The summed E-state index contributed by atoms with van der Waals surface area (Å²) in [7, 11) is 3.19. The number of nitrogens with one attached hydrogen (secondary N) is 1. The molecule has 1 amide bonds. The summed E-state index contributed by atoms with van der Waals surface area (Å²) in [5.41, 5.74) is 2.76. The molecule has 2 aromatic carbocycles. The highest BCUT2D eigenvalue weighted by molar-refractivity contribution is 8.19. The number of methoxy groups -OCH3 is 1. The predicted molar refractivity (Wildman–Crippen MR) is 137 cm³/mol. The number of fused-ring (bicyclic) bond motifs is 1. The van der Waals surface area contributed by atoms with E-state index in [0.29, 0.717) is 27.9 Å². The number of thioether (sulfide) groups is 2. The monoisotopic (exact) mass is 496 g/mol. The molecule has 0 atom stereocenters. The van der Waals surface area contributed by atoms with E-state index >= 15 is 0 Å². The van der Waals surface area contributed by atoms with Gasteiger partial charge in [-0.25, -0.2) is 4.99 Å². The lowest BCUT2D eigenvalue weighted by Gasteiger charge is -2.16. The second kappa shape index (κ2) is 9.94. The number of para-hydroxylation sites is 1. The minimum Gasteiger partial charge on any atom is -0.468 e. The molecule has 1 N–H and O–H groups in total. The molecule has 176 valence electrons. The van der Waals surface area contributed by atoms with Gasteiger partial charge in [-0.05, 0) is 55.9 Å². The molecule has 0 radical (unpaired) electrons. The Labute approximate surface area is 206 Å². The molecule has 0 saturated carbocycles. The third-order valence-electron chi connectivity index (χ3n) is 5.30. The number of esters is 1. The minimum atomic E-state index is -0.548. The second-order valence-electron chi connectivity index (χ2n) is 7.55. The zero-order chi connectivity index (χ0) is 24.4. The first-order chi connectivity index (χ1) is 16.3. The number of ether oxygens (including phenoxy) is 1. The van der Waals surface area contributed by atoms with Crippen LogP contribution in [0.4, 0.5) is 17.1 Å². The molecule has 1 fully saturated rings. The van der Waals surface area contributed by atoms with Crippen LogP contribution in [0.25, 0.3) is 0 Å². The van der Waals surface area contributed by atoms with Crippen molar-refractivity contribution in [3.63, 3.8) is 0 Å². The van der Waals surface area contributed by atoms with Crippen LogP contribution in [0.15, 0.2) is 62.3 Å². The number of aliphatic imine (C=N–C) groups is 1. The Kier molecular flexibility index (Phi) is 6.99. The Bertz CT molecular complexity index is 1240. The van der Waals surface area contributed by atoms with Crippen LogP contribution in [0.2, 0.25) is 0 Å². The normalized spacial score (nSPS) is 18.5. The van der Waals surface area contributed by atoms with Crippen molar-refractivity contribution in [2.75, 3.05) is 37.5 Å². The van der Waals surface area contributed by atoms with Gasteiger partial charge in [-0.1, -0.05) is 23.9 Å². The number of amidine groups is 1. The Morgan fingerprint density at radius 1 is 1.15 bits per heavy atom. The summed E-state index contributed by atoms with van der Waals surface area (Å²) in [6.45, 7) is 3.84. The van der Waals surface area contributed by atoms with Gasteiger partial charge in [0.15, 0.2) is 11.0 Å². The number of benzene rings is 2. The summed E-state index contributed by atoms with van der Waals surface area (Å²) in [6, 6.07) is 13.1. The SMILES string of the molecule is CCNc1ccc(C(C)=O)cc1N=C1S/C(=C2\Sc3ccccc3N2C)C(=O)N1CC(=O)OC. The zero-order valence-electron chi connectivity index (χ0n) is 19.2. The Morgan fingerprint density at radius 3 is 2.59 bits per heavy atom. The zero-order valence-corrected chi connectivity index (χ0v) is 20.9. The van der Waals surface area contributed by atoms with Gasteiger partial charge in [0.25, 0.3) is 5.91 Å². The van der Waals surface area contributed by atoms with E-state index in [0.717, 1.165) is 21.3 Å². The average Bonchev–Trinajstić information content (AvgIpc) is 3.31. The summed E-state index contributed by atoms with van der Waals surface area (Å²) >= 11 is 2.72. The van der Waals surface area contributed by atoms with Gasteiger partial charge >= 0.3 is 5.97 Å². The van der Waals surface area contributed by atoms with Gasteiger partial charge in [0.2, 0.25) is 0 Å². The van der Waals surface area contributed by atoms with Crippen LogP contribution in [-0.2, 0) is 14.3 Å². The smallest absolute Gasteiger partial charge is 0.325 e. The number of anilines is 2. The molecular weight excluding hydrogens is 472 g/mol. The summed E-state index contributed by atoms with van der Waals surface area (Å²) in [4.78, 5) is 47.1. The average molecular weight is 497 g/mol. The molecule has 2 aliphatic rings. The first kappa shape index (κ1) is 23.9. The van der Waals surface area contributed by atoms with Gasteiger partial charge < -0.3 is 15.0 Å². The quantitative estimate of drug-likeness (QED) is 0.356. The Hall–Kier alpha value is -3.24. The van der Waals surface area contributed by atoms with Gasteiger partial charge in [-0.2, -0.15) is 0 Å². The summed E-state index contributed by atoms with van der Waals surface area (Å²) < 4.78 is 4.82. The minimum absolute atomic E-state index is 0.0874. The molecule has 0 bridgehead atoms. The summed E-state index contributed by atoms with van der Waals surface area (Å²) in [5, 5.41) is 4.36. The fourth-order valence-electron chi connectivity index (χ4n) is 3.54. The van der Waals surface area contributed by atoms with E-state index in [9.17, 15) is 14.4 Å². The number of hydrogen-bond acceptors (Lipinski definition) is 9. The van der Waals surface area contributed by atoms with Crippen LogP contribution >= 0.6 is 23.5 Å². The molecule has 34 heavy (non-hydrogen) atoms. The lowest BCUT2D eigenvalue weighted by molar-refractivity contribution is -0.143. The van der Waals surface area contributed by atoms with E-state index in [1.165, 1.54) is 42.5 Å². The summed E-state index contributed by atoms with van der Waals surface area (Å²) in [6.07, 6.45) is 0. The molecule has 10 heteroatoms. The van der Waals surface area contributed by atoms with Gasteiger partial charge in [-0.3, -0.25) is 19.3 Å². The van der Waals surface area contributed by atoms with Crippen LogP contribution in [0.1, 0.15) is 24.2 Å². The highest BCUT2D eigenvalue weighted by Gasteiger charge is 2.40. The van der Waals surface area contributed by atoms with Crippen molar-refractivity contribution in [3.05, 3.63) is 58.0 Å². The maximum absolute atomic E-state index is 13.5. The maximum Gasteiger partial charge on any atom is 0.325 e. The van der Waals surface area contributed by atoms with E-state index < -0.39 is 5.97 Å².